The van der Waals surface area contributed by atoms with Crippen molar-refractivity contribution in [2.45, 2.75) is 13.5 Å². The molecule has 1 heterocycles. The highest BCUT2D eigenvalue weighted by Gasteiger charge is 2.15. The summed E-state index contributed by atoms with van der Waals surface area (Å²) in [5.41, 5.74) is 1.15. The Morgan fingerprint density at radius 1 is 1.35 bits per heavy atom. The van der Waals surface area contributed by atoms with Gasteiger partial charge in [-0.3, -0.25) is 4.79 Å². The molecule has 122 valence electrons. The molecule has 0 aliphatic rings. The number of carbonyl (C=O) groups is 1. The molecule has 2 rings (SSSR count). The van der Waals surface area contributed by atoms with Crippen LogP contribution in [0.5, 0.6) is 5.75 Å². The van der Waals surface area contributed by atoms with Crippen molar-refractivity contribution in [2.75, 3.05) is 20.2 Å². The topological polar surface area (TPSA) is 90.5 Å². The average Bonchev–Trinajstić information content (AvgIpc) is 2.98. The summed E-state index contributed by atoms with van der Waals surface area (Å²) in [5, 5.41) is 14.3. The van der Waals surface area contributed by atoms with Gasteiger partial charge in [0.2, 0.25) is 5.91 Å². The van der Waals surface area contributed by atoms with E-state index in [0.717, 1.165) is 11.3 Å². The highest BCUT2D eigenvalue weighted by Crippen LogP contribution is 2.11. The molecule has 0 radical (unpaired) electrons. The van der Waals surface area contributed by atoms with Crippen molar-refractivity contribution < 1.29 is 14.5 Å². The zero-order chi connectivity index (χ0) is 16.8. The fraction of sp³-hybridized carbons (Fsp3) is 0.333. The van der Waals surface area contributed by atoms with Crippen LogP contribution >= 0.6 is 0 Å². The van der Waals surface area contributed by atoms with Crippen molar-refractivity contribution in [2.24, 2.45) is 0 Å². The molecule has 0 atom stereocenters. The van der Waals surface area contributed by atoms with Crippen molar-refractivity contribution >= 4 is 11.7 Å². The third-order valence-corrected chi connectivity index (χ3v) is 3.25. The number of hydrogen-bond donors (Lipinski definition) is 0. The first-order chi connectivity index (χ1) is 11.0. The van der Waals surface area contributed by atoms with Gasteiger partial charge in [-0.15, -0.1) is 0 Å². The maximum absolute atomic E-state index is 12.0. The number of nitro groups is 1. The number of hydrogen-bond acceptors (Lipinski definition) is 5. The highest BCUT2D eigenvalue weighted by molar-refractivity contribution is 5.75. The molecule has 8 nitrogen and oxygen atoms in total. The zero-order valence-corrected chi connectivity index (χ0v) is 13.0. The third kappa shape index (κ3) is 4.80. The summed E-state index contributed by atoms with van der Waals surface area (Å²) in [6.07, 6.45) is 1.41. The third-order valence-electron chi connectivity index (χ3n) is 3.25. The van der Waals surface area contributed by atoms with E-state index in [1.165, 1.54) is 21.8 Å². The predicted molar refractivity (Wildman–Crippen MR) is 83.2 cm³/mol. The second-order valence-corrected chi connectivity index (χ2v) is 5.11. The van der Waals surface area contributed by atoms with E-state index < -0.39 is 4.92 Å². The lowest BCUT2D eigenvalue weighted by Crippen LogP contribution is -2.33. The predicted octanol–water partition coefficient (Wildman–Crippen LogP) is 1.64. The molecule has 1 aromatic heterocycles. The Hall–Kier alpha value is -2.90. The van der Waals surface area contributed by atoms with Crippen LogP contribution in [0.4, 0.5) is 5.82 Å². The molecule has 1 aromatic carbocycles. The van der Waals surface area contributed by atoms with E-state index in [1.807, 2.05) is 31.2 Å². The number of ether oxygens (including phenoxy) is 1. The Balaban J connectivity index is 1.78. The number of nitrogens with zero attached hydrogens (tertiary/aromatic N) is 4. The fourth-order valence-corrected chi connectivity index (χ4v) is 1.86. The monoisotopic (exact) mass is 318 g/mol. The van der Waals surface area contributed by atoms with Crippen molar-refractivity contribution in [3.05, 3.63) is 52.2 Å². The molecule has 0 spiro atoms. The molecule has 1 amide bonds. The van der Waals surface area contributed by atoms with Gasteiger partial charge in [-0.1, -0.05) is 17.7 Å². The summed E-state index contributed by atoms with van der Waals surface area (Å²) < 4.78 is 6.81. The van der Waals surface area contributed by atoms with Crippen LogP contribution in [0.25, 0.3) is 0 Å². The maximum atomic E-state index is 12.0. The minimum atomic E-state index is -0.597. The van der Waals surface area contributed by atoms with E-state index in [4.69, 9.17) is 4.74 Å². The number of aryl methyl sites for hydroxylation is 1. The fourth-order valence-electron chi connectivity index (χ4n) is 1.86. The van der Waals surface area contributed by atoms with Crippen LogP contribution in [-0.4, -0.2) is 45.7 Å². The Labute approximate surface area is 133 Å². The first kappa shape index (κ1) is 16.5. The van der Waals surface area contributed by atoms with Crippen molar-refractivity contribution in [3.63, 3.8) is 0 Å². The number of aromatic nitrogens is 2. The van der Waals surface area contributed by atoms with Gasteiger partial charge in [-0.2, -0.15) is 4.68 Å². The molecule has 23 heavy (non-hydrogen) atoms. The largest absolute Gasteiger partial charge is 0.492 e. The molecule has 0 saturated carbocycles. The number of carbonyl (C=O) groups excluding carboxylic acids is 1. The normalized spacial score (nSPS) is 10.3. The Kier molecular flexibility index (Phi) is 5.29. The van der Waals surface area contributed by atoms with Gasteiger partial charge < -0.3 is 19.8 Å². The molecule has 2 aromatic rings. The van der Waals surface area contributed by atoms with Gasteiger partial charge in [0.05, 0.1) is 23.9 Å². The minimum absolute atomic E-state index is 0.0468. The van der Waals surface area contributed by atoms with E-state index in [2.05, 4.69) is 5.10 Å². The van der Waals surface area contributed by atoms with E-state index in [1.54, 1.807) is 7.05 Å². The standard InChI is InChI=1S/C15H18N4O4/c1-12-3-5-13(6-4-12)23-10-9-17(2)15(20)11-18-8-7-14(16-18)19(21)22/h3-8H,9-11H2,1-2H3. The maximum Gasteiger partial charge on any atom is 0.389 e. The molecule has 0 saturated heterocycles. The van der Waals surface area contributed by atoms with Crippen molar-refractivity contribution in [1.82, 2.24) is 14.7 Å². The summed E-state index contributed by atoms with van der Waals surface area (Å²) in [6.45, 7) is 2.73. The number of amides is 1. The molecule has 8 heteroatoms. The smallest absolute Gasteiger partial charge is 0.389 e. The van der Waals surface area contributed by atoms with Crippen LogP contribution in [-0.2, 0) is 11.3 Å². The Morgan fingerprint density at radius 2 is 2.04 bits per heavy atom. The lowest BCUT2D eigenvalue weighted by Gasteiger charge is -2.16. The van der Waals surface area contributed by atoms with E-state index in [0.29, 0.717) is 13.2 Å². The van der Waals surface area contributed by atoms with E-state index >= 15 is 0 Å². The van der Waals surface area contributed by atoms with Crippen LogP contribution in [0.3, 0.4) is 0 Å². The number of benzene rings is 1. The summed E-state index contributed by atoms with van der Waals surface area (Å²) in [7, 11) is 1.65. The average molecular weight is 318 g/mol. The number of likely N-dealkylation sites (N-methyl/N-ethyl adjacent to an activating group) is 1. The summed E-state index contributed by atoms with van der Waals surface area (Å²) in [5.74, 6) is 0.276. The van der Waals surface area contributed by atoms with Crippen LogP contribution in [0, 0.1) is 17.0 Å². The van der Waals surface area contributed by atoms with Crippen LogP contribution in [0.1, 0.15) is 5.56 Å². The van der Waals surface area contributed by atoms with Gasteiger partial charge in [-0.05, 0) is 24.0 Å². The molecule has 0 N–H and O–H groups in total. The first-order valence-electron chi connectivity index (χ1n) is 7.07. The van der Waals surface area contributed by atoms with Crippen LogP contribution in [0.15, 0.2) is 36.5 Å². The molecule has 0 bridgehead atoms. The van der Waals surface area contributed by atoms with Crippen molar-refractivity contribution in [1.29, 1.82) is 0 Å². The SMILES string of the molecule is Cc1ccc(OCCN(C)C(=O)Cn2ccc([N+](=O)[O-])n2)cc1. The molecular formula is C15H18N4O4. The van der Waals surface area contributed by atoms with Gasteiger partial charge in [0.1, 0.15) is 18.9 Å². The van der Waals surface area contributed by atoms with E-state index in [9.17, 15) is 14.9 Å². The minimum Gasteiger partial charge on any atom is -0.492 e. The molecule has 0 aliphatic heterocycles. The zero-order valence-electron chi connectivity index (χ0n) is 13.0. The lowest BCUT2D eigenvalue weighted by atomic mass is 10.2. The van der Waals surface area contributed by atoms with Crippen LogP contribution < -0.4 is 4.74 Å². The van der Waals surface area contributed by atoms with E-state index in [-0.39, 0.29) is 18.3 Å². The Bertz CT molecular complexity index is 681. The van der Waals surface area contributed by atoms with Gasteiger partial charge in [-0.25, -0.2) is 0 Å². The number of rotatable bonds is 7. The summed E-state index contributed by atoms with van der Waals surface area (Å²) in [6, 6.07) is 8.91. The second kappa shape index (κ2) is 7.39. The van der Waals surface area contributed by atoms with Gasteiger partial charge >= 0.3 is 5.82 Å². The highest BCUT2D eigenvalue weighted by atomic mass is 16.6. The quantitative estimate of drug-likeness (QED) is 0.572. The Morgan fingerprint density at radius 3 is 2.65 bits per heavy atom. The summed E-state index contributed by atoms with van der Waals surface area (Å²) in [4.78, 5) is 23.5. The van der Waals surface area contributed by atoms with Crippen LogP contribution in [0.2, 0.25) is 0 Å². The molecular weight excluding hydrogens is 300 g/mol. The van der Waals surface area contributed by atoms with Gasteiger partial charge in [0, 0.05) is 7.05 Å². The molecule has 0 aliphatic carbocycles. The van der Waals surface area contributed by atoms with Crippen molar-refractivity contribution in [3.8, 4) is 5.75 Å². The lowest BCUT2D eigenvalue weighted by molar-refractivity contribution is -0.389. The first-order valence-corrected chi connectivity index (χ1v) is 7.07. The molecule has 0 unspecified atom stereocenters. The summed E-state index contributed by atoms with van der Waals surface area (Å²) >= 11 is 0. The van der Waals surface area contributed by atoms with Gasteiger partial charge in [0.25, 0.3) is 0 Å². The van der Waals surface area contributed by atoms with Gasteiger partial charge in [0.15, 0.2) is 0 Å². The second-order valence-electron chi connectivity index (χ2n) is 5.11. The molecule has 0 fully saturated rings.